The highest BCUT2D eigenvalue weighted by Gasteiger charge is 2.17. The smallest absolute Gasteiger partial charge is 0.242 e. The van der Waals surface area contributed by atoms with E-state index < -0.39 is 10.0 Å². The van der Waals surface area contributed by atoms with Crippen LogP contribution >= 0.6 is 24.0 Å². The molecule has 0 aliphatic carbocycles. The fourth-order valence-corrected chi connectivity index (χ4v) is 4.25. The van der Waals surface area contributed by atoms with Crippen LogP contribution in [-0.2, 0) is 10.0 Å². The lowest BCUT2D eigenvalue weighted by Crippen LogP contribution is -2.42. The lowest BCUT2D eigenvalue weighted by molar-refractivity contribution is 0.160. The molecule has 1 aliphatic heterocycles. The summed E-state index contributed by atoms with van der Waals surface area (Å²) in [6.45, 7) is 8.82. The lowest BCUT2D eigenvalue weighted by Gasteiger charge is -2.33. The van der Waals surface area contributed by atoms with Crippen LogP contribution < -0.4 is 15.4 Å². The quantitative estimate of drug-likeness (QED) is 0.182. The summed E-state index contributed by atoms with van der Waals surface area (Å²) < 4.78 is 26.9. The van der Waals surface area contributed by atoms with Crippen LogP contribution in [0, 0.1) is 0 Å². The van der Waals surface area contributed by atoms with E-state index in [1.54, 1.807) is 12.3 Å². The zero-order valence-electron chi connectivity index (χ0n) is 17.4. The van der Waals surface area contributed by atoms with Gasteiger partial charge in [-0.05, 0) is 51.8 Å². The van der Waals surface area contributed by atoms with Gasteiger partial charge in [-0.25, -0.2) is 13.1 Å². The number of nitrogens with one attached hydrogen (secondary N) is 3. The van der Waals surface area contributed by atoms with Crippen LogP contribution in [0.25, 0.3) is 0 Å². The molecule has 1 aliphatic rings. The molecule has 10 heteroatoms. The van der Waals surface area contributed by atoms with E-state index in [1.807, 2.05) is 6.92 Å². The average Bonchev–Trinajstić information content (AvgIpc) is 2.70. The van der Waals surface area contributed by atoms with Gasteiger partial charge in [-0.2, -0.15) is 0 Å². The summed E-state index contributed by atoms with van der Waals surface area (Å²) in [6, 6.07) is 3.81. The van der Waals surface area contributed by atoms with Gasteiger partial charge in [-0.3, -0.25) is 9.98 Å². The van der Waals surface area contributed by atoms with Crippen molar-refractivity contribution in [1.29, 1.82) is 0 Å². The molecule has 8 nitrogen and oxygen atoms in total. The highest BCUT2D eigenvalue weighted by molar-refractivity contribution is 14.0. The molecule has 166 valence electrons. The number of guanidine groups is 1. The van der Waals surface area contributed by atoms with E-state index in [0.717, 1.165) is 32.0 Å². The maximum Gasteiger partial charge on any atom is 0.242 e. The fraction of sp³-hybridized carbons (Fsp3) is 0.684. The fourth-order valence-electron chi connectivity index (χ4n) is 3.25. The van der Waals surface area contributed by atoms with Crippen LogP contribution in [0.2, 0.25) is 0 Å². The summed E-state index contributed by atoms with van der Waals surface area (Å²) in [5, 5.41) is 6.37. The normalized spacial score (nSPS) is 18.1. The Balaban J connectivity index is 0.00000420. The minimum Gasteiger partial charge on any atom is -0.357 e. The molecule has 1 aromatic rings. The van der Waals surface area contributed by atoms with Gasteiger partial charge in [0.05, 0.1) is 0 Å². The Labute approximate surface area is 192 Å². The van der Waals surface area contributed by atoms with Gasteiger partial charge < -0.3 is 15.5 Å². The van der Waals surface area contributed by atoms with Crippen molar-refractivity contribution in [2.24, 2.45) is 4.99 Å². The molecule has 2 rings (SSSR count). The number of halogens is 1. The third-order valence-electron chi connectivity index (χ3n) is 4.81. The highest BCUT2D eigenvalue weighted by Crippen LogP contribution is 2.16. The molecule has 0 bridgehead atoms. The van der Waals surface area contributed by atoms with E-state index in [1.165, 1.54) is 38.1 Å². The molecule has 1 fully saturated rings. The van der Waals surface area contributed by atoms with Crippen molar-refractivity contribution in [3.63, 3.8) is 0 Å². The lowest BCUT2D eigenvalue weighted by atomic mass is 10.0. The van der Waals surface area contributed by atoms with Gasteiger partial charge in [0.15, 0.2) is 5.96 Å². The van der Waals surface area contributed by atoms with E-state index in [9.17, 15) is 8.42 Å². The van der Waals surface area contributed by atoms with Gasteiger partial charge in [0.2, 0.25) is 10.0 Å². The molecule has 0 spiro atoms. The standard InChI is InChI=1S/C19H34N6O2S.HI/c1-3-21-19(22-11-7-15-25-14-5-4-8-17(25)2)23-12-13-24-28(26,27)18-9-6-10-20-16-18;/h6,9-10,16-17,24H,3-5,7-8,11-15H2,1-2H3,(H2,21,22,23);1H. The van der Waals surface area contributed by atoms with Gasteiger partial charge in [-0.1, -0.05) is 6.42 Å². The van der Waals surface area contributed by atoms with Crippen LogP contribution in [0.5, 0.6) is 0 Å². The van der Waals surface area contributed by atoms with Crippen molar-refractivity contribution in [2.75, 3.05) is 39.3 Å². The molecule has 0 aromatic carbocycles. The van der Waals surface area contributed by atoms with Crippen LogP contribution in [0.15, 0.2) is 34.4 Å². The SMILES string of the molecule is CCNC(=NCCCN1CCCCC1C)NCCNS(=O)(=O)c1cccnc1.I. The van der Waals surface area contributed by atoms with Crippen molar-refractivity contribution in [3.05, 3.63) is 24.5 Å². The molecule has 0 radical (unpaired) electrons. The second-order valence-electron chi connectivity index (χ2n) is 7.01. The first-order valence-corrected chi connectivity index (χ1v) is 11.7. The maximum atomic E-state index is 12.2. The predicted molar refractivity (Wildman–Crippen MR) is 128 cm³/mol. The van der Waals surface area contributed by atoms with Gasteiger partial charge in [-0.15, -0.1) is 24.0 Å². The van der Waals surface area contributed by atoms with E-state index >= 15 is 0 Å². The number of pyridine rings is 1. The van der Waals surface area contributed by atoms with E-state index in [-0.39, 0.29) is 35.4 Å². The summed E-state index contributed by atoms with van der Waals surface area (Å²) in [7, 11) is -3.53. The predicted octanol–water partition coefficient (Wildman–Crippen LogP) is 1.80. The van der Waals surface area contributed by atoms with Crippen LogP contribution in [0.1, 0.15) is 39.5 Å². The number of aliphatic imine (C=N–C) groups is 1. The molecular weight excluding hydrogens is 503 g/mol. The molecule has 2 heterocycles. The topological polar surface area (TPSA) is 98.7 Å². The van der Waals surface area contributed by atoms with Crippen molar-refractivity contribution in [1.82, 2.24) is 25.2 Å². The number of piperidine rings is 1. The van der Waals surface area contributed by atoms with Gasteiger partial charge in [0, 0.05) is 51.2 Å². The van der Waals surface area contributed by atoms with Crippen LogP contribution in [-0.4, -0.2) is 69.6 Å². The summed E-state index contributed by atoms with van der Waals surface area (Å²) >= 11 is 0. The number of likely N-dealkylation sites (tertiary alicyclic amines) is 1. The maximum absolute atomic E-state index is 12.2. The van der Waals surface area contributed by atoms with Crippen LogP contribution in [0.3, 0.4) is 0 Å². The molecule has 3 N–H and O–H groups in total. The molecule has 0 saturated carbocycles. The highest BCUT2D eigenvalue weighted by atomic mass is 127. The number of nitrogens with zero attached hydrogens (tertiary/aromatic N) is 3. The monoisotopic (exact) mass is 538 g/mol. The Morgan fingerprint density at radius 2 is 2.14 bits per heavy atom. The minimum absolute atomic E-state index is 0. The van der Waals surface area contributed by atoms with Crippen molar-refractivity contribution in [3.8, 4) is 0 Å². The molecule has 0 amide bonds. The van der Waals surface area contributed by atoms with Gasteiger partial charge >= 0.3 is 0 Å². The molecular formula is C19H35IN6O2S. The average molecular weight is 538 g/mol. The molecule has 1 unspecified atom stereocenters. The number of sulfonamides is 1. The van der Waals surface area contributed by atoms with Gasteiger partial charge in [0.25, 0.3) is 0 Å². The number of aromatic nitrogens is 1. The van der Waals surface area contributed by atoms with Crippen molar-refractivity contribution < 1.29 is 8.42 Å². The molecule has 29 heavy (non-hydrogen) atoms. The van der Waals surface area contributed by atoms with Crippen molar-refractivity contribution in [2.45, 2.75) is 50.5 Å². The number of rotatable bonds is 10. The zero-order valence-corrected chi connectivity index (χ0v) is 20.6. The Morgan fingerprint density at radius 3 is 2.83 bits per heavy atom. The Morgan fingerprint density at radius 1 is 1.31 bits per heavy atom. The third kappa shape index (κ3) is 9.58. The molecule has 1 aromatic heterocycles. The first-order chi connectivity index (χ1) is 13.5. The summed E-state index contributed by atoms with van der Waals surface area (Å²) in [6.07, 6.45) is 7.84. The number of hydrogen-bond acceptors (Lipinski definition) is 5. The summed E-state index contributed by atoms with van der Waals surface area (Å²) in [5.41, 5.74) is 0. The summed E-state index contributed by atoms with van der Waals surface area (Å²) in [5.74, 6) is 0.717. The zero-order chi connectivity index (χ0) is 20.2. The first-order valence-electron chi connectivity index (χ1n) is 10.2. The number of hydrogen-bond donors (Lipinski definition) is 3. The van der Waals surface area contributed by atoms with Gasteiger partial charge in [0.1, 0.15) is 4.90 Å². The minimum atomic E-state index is -3.53. The molecule has 1 atom stereocenters. The Hall–Kier alpha value is -0.980. The van der Waals surface area contributed by atoms with Crippen molar-refractivity contribution >= 4 is 40.0 Å². The first kappa shape index (κ1) is 26.1. The third-order valence-corrected chi connectivity index (χ3v) is 6.26. The van der Waals surface area contributed by atoms with E-state index in [4.69, 9.17) is 0 Å². The second-order valence-corrected chi connectivity index (χ2v) is 8.78. The van der Waals surface area contributed by atoms with E-state index in [0.29, 0.717) is 12.6 Å². The Kier molecular flexibility index (Phi) is 12.7. The van der Waals surface area contributed by atoms with Crippen LogP contribution in [0.4, 0.5) is 0 Å². The van der Waals surface area contributed by atoms with E-state index in [2.05, 4.69) is 37.2 Å². The largest absolute Gasteiger partial charge is 0.357 e. The Bertz CT molecular complexity index is 702. The molecule has 1 saturated heterocycles. The second kappa shape index (κ2) is 14.1. The summed E-state index contributed by atoms with van der Waals surface area (Å²) in [4.78, 5) is 11.2.